The fourth-order valence-corrected chi connectivity index (χ4v) is 5.74. The number of aromatic hydroxyl groups is 2. The summed E-state index contributed by atoms with van der Waals surface area (Å²) in [7, 11) is 2.65. The molecule has 1 aromatic carbocycles. The van der Waals surface area contributed by atoms with Crippen LogP contribution in [0.4, 0.5) is 0 Å². The standard InChI is InChI=1S/C28H30N2O8/c1-36-24-9-17(6-7-22(24)31)20(11-26(34)37-2)28-27(35)23(32)10-19(38-28)15-29-12-16-8-18(14-29)21-4-3-5-25(33)30(21)13-16/h3-7,9-10,16,18,20,31,35H,8,11-15H2,1-2H3/t16-,18+,20+/m0/s1. The van der Waals surface area contributed by atoms with Crippen LogP contribution in [-0.2, 0) is 22.6 Å². The zero-order valence-electron chi connectivity index (χ0n) is 21.3. The summed E-state index contributed by atoms with van der Waals surface area (Å²) in [6.07, 6.45) is 0.790. The number of hydrogen-bond acceptors (Lipinski definition) is 9. The summed E-state index contributed by atoms with van der Waals surface area (Å²) in [5.74, 6) is -1.14. The van der Waals surface area contributed by atoms with Gasteiger partial charge in [0.05, 0.1) is 33.1 Å². The number of nitrogens with zero attached hydrogens (tertiary/aromatic N) is 2. The van der Waals surface area contributed by atoms with Crippen LogP contribution in [-0.4, -0.2) is 53.0 Å². The molecule has 2 bridgehead atoms. The quantitative estimate of drug-likeness (QED) is 0.449. The highest BCUT2D eigenvalue weighted by atomic mass is 16.5. The fraction of sp³-hybridized carbons (Fsp3) is 0.393. The molecule has 0 saturated carbocycles. The Balaban J connectivity index is 1.47. The third kappa shape index (κ3) is 4.91. The van der Waals surface area contributed by atoms with Crippen molar-refractivity contribution in [2.75, 3.05) is 27.3 Å². The molecular weight excluding hydrogens is 492 g/mol. The van der Waals surface area contributed by atoms with Crippen molar-refractivity contribution in [3.63, 3.8) is 0 Å². The van der Waals surface area contributed by atoms with E-state index in [1.807, 2.05) is 10.6 Å². The van der Waals surface area contributed by atoms with E-state index < -0.39 is 23.1 Å². The van der Waals surface area contributed by atoms with Gasteiger partial charge < -0.3 is 28.7 Å². The van der Waals surface area contributed by atoms with Crippen LogP contribution in [0, 0.1) is 5.92 Å². The molecule has 0 spiro atoms. The number of carbonyl (C=O) groups excluding carboxylic acids is 1. The molecule has 0 radical (unpaired) electrons. The molecule has 1 fully saturated rings. The largest absolute Gasteiger partial charge is 0.504 e. The van der Waals surface area contributed by atoms with Crippen molar-refractivity contribution >= 4 is 5.97 Å². The van der Waals surface area contributed by atoms with Gasteiger partial charge in [0.2, 0.25) is 11.2 Å². The zero-order valence-corrected chi connectivity index (χ0v) is 21.3. The number of rotatable bonds is 7. The second-order valence-electron chi connectivity index (χ2n) is 9.95. The van der Waals surface area contributed by atoms with E-state index in [-0.39, 0.29) is 35.2 Å². The van der Waals surface area contributed by atoms with Gasteiger partial charge >= 0.3 is 5.97 Å². The zero-order chi connectivity index (χ0) is 27.0. The van der Waals surface area contributed by atoms with E-state index in [2.05, 4.69) is 4.90 Å². The molecule has 4 heterocycles. The molecule has 1 saturated heterocycles. The highest BCUT2D eigenvalue weighted by Crippen LogP contribution is 2.39. The molecule has 2 aliphatic heterocycles. The maximum absolute atomic E-state index is 12.8. The Bertz CT molecular complexity index is 1480. The molecule has 10 nitrogen and oxygen atoms in total. The Labute approximate surface area is 218 Å². The van der Waals surface area contributed by atoms with Crippen LogP contribution in [0.15, 0.2) is 56.5 Å². The van der Waals surface area contributed by atoms with Crippen molar-refractivity contribution in [3.8, 4) is 17.2 Å². The third-order valence-corrected chi connectivity index (χ3v) is 7.46. The minimum absolute atomic E-state index is 0.0160. The summed E-state index contributed by atoms with van der Waals surface area (Å²) in [5, 5.41) is 20.7. The lowest BCUT2D eigenvalue weighted by Crippen LogP contribution is -2.46. The smallest absolute Gasteiger partial charge is 0.306 e. The summed E-state index contributed by atoms with van der Waals surface area (Å²) in [6.45, 7) is 2.41. The average Bonchev–Trinajstić information content (AvgIpc) is 2.90. The molecule has 3 atom stereocenters. The first-order valence-electron chi connectivity index (χ1n) is 12.5. The van der Waals surface area contributed by atoms with E-state index in [0.29, 0.717) is 36.9 Å². The van der Waals surface area contributed by atoms with E-state index in [9.17, 15) is 24.6 Å². The second kappa shape index (κ2) is 10.4. The lowest BCUT2D eigenvalue weighted by molar-refractivity contribution is -0.140. The Morgan fingerprint density at radius 2 is 1.92 bits per heavy atom. The molecule has 10 heteroatoms. The molecular formula is C28H30N2O8. The van der Waals surface area contributed by atoms with Gasteiger partial charge in [-0.25, -0.2) is 0 Å². The van der Waals surface area contributed by atoms with E-state index in [1.165, 1.54) is 32.4 Å². The van der Waals surface area contributed by atoms with Crippen molar-refractivity contribution in [1.82, 2.24) is 9.47 Å². The van der Waals surface area contributed by atoms with E-state index in [0.717, 1.165) is 18.7 Å². The monoisotopic (exact) mass is 522 g/mol. The van der Waals surface area contributed by atoms with Crippen molar-refractivity contribution in [2.45, 2.75) is 37.8 Å². The van der Waals surface area contributed by atoms with Gasteiger partial charge in [-0.3, -0.25) is 19.3 Å². The number of benzene rings is 1. The number of methoxy groups -OCH3 is 2. The highest BCUT2D eigenvalue weighted by molar-refractivity contribution is 5.71. The number of likely N-dealkylation sites (tertiary alicyclic amines) is 1. The topological polar surface area (TPSA) is 131 Å². The highest BCUT2D eigenvalue weighted by Gasteiger charge is 2.35. The molecule has 2 aromatic heterocycles. The van der Waals surface area contributed by atoms with Gasteiger partial charge in [-0.2, -0.15) is 0 Å². The molecule has 38 heavy (non-hydrogen) atoms. The molecule has 2 N–H and O–H groups in total. The van der Waals surface area contributed by atoms with Gasteiger partial charge in [0.15, 0.2) is 17.3 Å². The first-order chi connectivity index (χ1) is 18.3. The van der Waals surface area contributed by atoms with E-state index in [4.69, 9.17) is 13.9 Å². The minimum Gasteiger partial charge on any atom is -0.504 e. The van der Waals surface area contributed by atoms with Crippen molar-refractivity contribution < 1.29 is 28.9 Å². The van der Waals surface area contributed by atoms with Crippen LogP contribution in [0.5, 0.6) is 17.2 Å². The Morgan fingerprint density at radius 3 is 2.68 bits per heavy atom. The fourth-order valence-electron chi connectivity index (χ4n) is 5.74. The number of carbonyl (C=O) groups is 1. The molecule has 5 rings (SSSR count). The predicted molar refractivity (Wildman–Crippen MR) is 137 cm³/mol. The molecule has 0 unspecified atom stereocenters. The normalized spacial score (nSPS) is 19.4. The summed E-state index contributed by atoms with van der Waals surface area (Å²) < 4.78 is 18.0. The van der Waals surface area contributed by atoms with Crippen molar-refractivity contribution in [3.05, 3.63) is 85.8 Å². The molecule has 0 amide bonds. The van der Waals surface area contributed by atoms with Gasteiger partial charge in [0.1, 0.15) is 5.76 Å². The Morgan fingerprint density at radius 1 is 1.11 bits per heavy atom. The van der Waals surface area contributed by atoms with Gasteiger partial charge in [-0.1, -0.05) is 12.1 Å². The average molecular weight is 523 g/mol. The van der Waals surface area contributed by atoms with E-state index in [1.54, 1.807) is 18.2 Å². The van der Waals surface area contributed by atoms with Crippen LogP contribution >= 0.6 is 0 Å². The third-order valence-electron chi connectivity index (χ3n) is 7.46. The molecule has 3 aromatic rings. The number of phenolic OH excluding ortho intramolecular Hbond substituents is 1. The maximum atomic E-state index is 12.8. The van der Waals surface area contributed by atoms with E-state index >= 15 is 0 Å². The van der Waals surface area contributed by atoms with Crippen LogP contribution < -0.4 is 15.7 Å². The lowest BCUT2D eigenvalue weighted by Gasteiger charge is -2.42. The van der Waals surface area contributed by atoms with Crippen LogP contribution in [0.3, 0.4) is 0 Å². The maximum Gasteiger partial charge on any atom is 0.306 e. The lowest BCUT2D eigenvalue weighted by atomic mass is 9.83. The van der Waals surface area contributed by atoms with Crippen LogP contribution in [0.2, 0.25) is 0 Å². The van der Waals surface area contributed by atoms with Crippen molar-refractivity contribution in [2.24, 2.45) is 5.92 Å². The van der Waals surface area contributed by atoms with Gasteiger partial charge in [-0.05, 0) is 36.1 Å². The van der Waals surface area contributed by atoms with Gasteiger partial charge in [0.25, 0.3) is 5.56 Å². The first-order valence-corrected chi connectivity index (χ1v) is 12.5. The molecule has 0 aliphatic carbocycles. The Kier molecular flexibility index (Phi) is 6.98. The Hall–Kier alpha value is -4.05. The predicted octanol–water partition coefficient (Wildman–Crippen LogP) is 2.54. The number of hydrogen-bond donors (Lipinski definition) is 2. The number of ether oxygens (including phenoxy) is 2. The second-order valence-corrected chi connectivity index (χ2v) is 9.95. The van der Waals surface area contributed by atoms with Crippen molar-refractivity contribution in [1.29, 1.82) is 0 Å². The number of aromatic nitrogens is 1. The summed E-state index contributed by atoms with van der Waals surface area (Å²) >= 11 is 0. The van der Waals surface area contributed by atoms with Crippen LogP contribution in [0.1, 0.15) is 47.5 Å². The first kappa shape index (κ1) is 25.6. The SMILES string of the molecule is COC(=O)C[C@H](c1ccc(O)c(OC)c1)c1oc(CN2C[C@@H]3C[C@H](C2)c2cccc(=O)n2C3)cc(=O)c1O. The number of esters is 1. The van der Waals surface area contributed by atoms with Crippen LogP contribution in [0.25, 0.3) is 0 Å². The number of phenols is 1. The summed E-state index contributed by atoms with van der Waals surface area (Å²) in [4.78, 5) is 39.6. The number of pyridine rings is 1. The van der Waals surface area contributed by atoms with Gasteiger partial charge in [0, 0.05) is 43.4 Å². The number of piperidine rings is 1. The minimum atomic E-state index is -0.857. The summed E-state index contributed by atoms with van der Waals surface area (Å²) in [5.41, 5.74) is 0.916. The summed E-state index contributed by atoms with van der Waals surface area (Å²) in [6, 6.07) is 11.2. The molecule has 2 aliphatic rings. The molecule has 200 valence electrons. The van der Waals surface area contributed by atoms with Gasteiger partial charge in [-0.15, -0.1) is 0 Å². The number of fused-ring (bicyclic) bond motifs is 4.